The van der Waals surface area contributed by atoms with Crippen molar-refractivity contribution in [2.45, 2.75) is 65.5 Å². The van der Waals surface area contributed by atoms with Crippen LogP contribution in [0.3, 0.4) is 0 Å². The molecule has 0 saturated heterocycles. The van der Waals surface area contributed by atoms with Gasteiger partial charge in [0, 0.05) is 23.6 Å². The van der Waals surface area contributed by atoms with E-state index in [1.54, 1.807) is 57.0 Å². The van der Waals surface area contributed by atoms with E-state index in [-0.39, 0.29) is 19.0 Å². The standard InChI is InChI=1S/C37H35N5O4/c1-23-24(2)40-30-11-8-18-39-33(30)32(23)34(43)42(21-29-16-17-31(46-29)36(3,4)22-38)20-25-12-14-26(15-13-25)27-9-7-10-28(19-27)37(5,6)35(44)41-45/h7-19H,20-21H2,1-6H3. The SMILES string of the molecule is Cc1nc2cccnc2c(C(=O)N(Cc2ccc(-c3cccc(C(C)(C)C(=O)N=O)c3)cc2)Cc2ccc(C(C)(C)C#N)o2)c1C. The number of nitriles is 1. The second kappa shape index (κ2) is 12.5. The van der Waals surface area contributed by atoms with Crippen molar-refractivity contribution in [2.24, 2.45) is 5.18 Å². The maximum absolute atomic E-state index is 14.4. The normalized spacial score (nSPS) is 11.7. The van der Waals surface area contributed by atoms with Gasteiger partial charge in [-0.25, -0.2) is 0 Å². The van der Waals surface area contributed by atoms with Crippen LogP contribution in [-0.4, -0.2) is 26.7 Å². The summed E-state index contributed by atoms with van der Waals surface area (Å²) < 4.78 is 6.08. The van der Waals surface area contributed by atoms with E-state index in [4.69, 9.17) is 4.42 Å². The molecule has 0 radical (unpaired) electrons. The summed E-state index contributed by atoms with van der Waals surface area (Å²) in [6, 6.07) is 24.8. The van der Waals surface area contributed by atoms with E-state index in [1.807, 2.05) is 68.4 Å². The third-order valence-electron chi connectivity index (χ3n) is 8.50. The van der Waals surface area contributed by atoms with Crippen LogP contribution in [0.1, 0.15) is 72.0 Å². The second-order valence-corrected chi connectivity index (χ2v) is 12.5. The van der Waals surface area contributed by atoms with Gasteiger partial charge in [0.25, 0.3) is 11.8 Å². The smallest absolute Gasteiger partial charge is 0.296 e. The van der Waals surface area contributed by atoms with E-state index >= 15 is 0 Å². The first kappa shape index (κ1) is 31.9. The monoisotopic (exact) mass is 613 g/mol. The summed E-state index contributed by atoms with van der Waals surface area (Å²) in [6.45, 7) is 11.1. The van der Waals surface area contributed by atoms with Gasteiger partial charge in [-0.3, -0.25) is 19.6 Å². The quantitative estimate of drug-likeness (QED) is 0.156. The van der Waals surface area contributed by atoms with Crippen LogP contribution in [-0.2, 0) is 28.7 Å². The Morgan fingerprint density at radius 2 is 1.67 bits per heavy atom. The number of rotatable bonds is 9. The van der Waals surface area contributed by atoms with Crippen molar-refractivity contribution < 1.29 is 14.0 Å². The molecule has 0 unspecified atom stereocenters. The van der Waals surface area contributed by atoms with Crippen LogP contribution in [0, 0.1) is 30.1 Å². The van der Waals surface area contributed by atoms with Crippen molar-refractivity contribution in [1.82, 2.24) is 14.9 Å². The Balaban J connectivity index is 1.50. The first-order valence-corrected chi connectivity index (χ1v) is 14.9. The number of nitroso groups, excluding NO2 is 1. The number of benzene rings is 2. The third-order valence-corrected chi connectivity index (χ3v) is 8.50. The number of pyridine rings is 2. The maximum Gasteiger partial charge on any atom is 0.296 e. The van der Waals surface area contributed by atoms with Crippen molar-refractivity contribution in [1.29, 1.82) is 5.26 Å². The molecule has 2 amide bonds. The molecule has 0 atom stereocenters. The number of amides is 2. The van der Waals surface area contributed by atoms with Crippen molar-refractivity contribution in [3.05, 3.63) is 123 Å². The fraction of sp³-hybridized carbons (Fsp3) is 0.270. The molecular formula is C37H35N5O4. The lowest BCUT2D eigenvalue weighted by Crippen LogP contribution is -2.31. The molecule has 0 spiro atoms. The molecule has 5 aromatic rings. The van der Waals surface area contributed by atoms with Crippen molar-refractivity contribution in [3.8, 4) is 17.2 Å². The minimum Gasteiger partial charge on any atom is -0.463 e. The zero-order chi connectivity index (χ0) is 33.2. The zero-order valence-electron chi connectivity index (χ0n) is 26.8. The third kappa shape index (κ3) is 6.20. The van der Waals surface area contributed by atoms with Crippen molar-refractivity contribution >= 4 is 22.8 Å². The molecule has 0 aliphatic heterocycles. The molecule has 2 aromatic carbocycles. The lowest BCUT2D eigenvalue weighted by atomic mass is 9.82. The zero-order valence-corrected chi connectivity index (χ0v) is 26.8. The van der Waals surface area contributed by atoms with Gasteiger partial charge < -0.3 is 9.32 Å². The molecule has 232 valence electrons. The fourth-order valence-electron chi connectivity index (χ4n) is 5.31. The van der Waals surface area contributed by atoms with Gasteiger partial charge in [-0.1, -0.05) is 48.5 Å². The van der Waals surface area contributed by atoms with Gasteiger partial charge in [0.2, 0.25) is 0 Å². The first-order valence-electron chi connectivity index (χ1n) is 14.9. The van der Waals surface area contributed by atoms with Crippen molar-refractivity contribution in [2.75, 3.05) is 0 Å². The summed E-state index contributed by atoms with van der Waals surface area (Å²) in [5.41, 5.74) is 4.69. The molecule has 0 fully saturated rings. The summed E-state index contributed by atoms with van der Waals surface area (Å²) in [6.07, 6.45) is 1.66. The lowest BCUT2D eigenvalue weighted by Gasteiger charge is -2.24. The predicted molar refractivity (Wildman–Crippen MR) is 176 cm³/mol. The second-order valence-electron chi connectivity index (χ2n) is 12.5. The molecule has 0 bridgehead atoms. The molecule has 9 heteroatoms. The molecule has 0 N–H and O–H groups in total. The first-order chi connectivity index (χ1) is 21.8. The van der Waals surface area contributed by atoms with Crippen LogP contribution >= 0.6 is 0 Å². The summed E-state index contributed by atoms with van der Waals surface area (Å²) in [7, 11) is 0. The van der Waals surface area contributed by atoms with E-state index in [0.29, 0.717) is 33.7 Å². The minimum absolute atomic E-state index is 0.174. The van der Waals surface area contributed by atoms with E-state index < -0.39 is 16.7 Å². The van der Waals surface area contributed by atoms with E-state index in [0.717, 1.165) is 27.9 Å². The van der Waals surface area contributed by atoms with Crippen LogP contribution in [0.4, 0.5) is 0 Å². The van der Waals surface area contributed by atoms with Crippen LogP contribution in [0.25, 0.3) is 22.2 Å². The summed E-state index contributed by atoms with van der Waals surface area (Å²) in [5, 5.41) is 12.2. The maximum atomic E-state index is 14.4. The molecule has 0 aliphatic rings. The Morgan fingerprint density at radius 3 is 2.37 bits per heavy atom. The van der Waals surface area contributed by atoms with Gasteiger partial charge in [-0.05, 0) is 93.6 Å². The predicted octanol–water partition coefficient (Wildman–Crippen LogP) is 7.72. The molecule has 3 aromatic heterocycles. The highest BCUT2D eigenvalue weighted by Gasteiger charge is 2.31. The number of carbonyl (C=O) groups is 2. The Labute approximate surface area is 267 Å². The van der Waals surface area contributed by atoms with Crippen LogP contribution < -0.4 is 0 Å². The number of carbonyl (C=O) groups excluding carboxylic acids is 2. The van der Waals surface area contributed by atoms with Gasteiger partial charge in [0.05, 0.1) is 29.1 Å². The van der Waals surface area contributed by atoms with E-state index in [1.165, 1.54) is 0 Å². The van der Waals surface area contributed by atoms with Crippen LogP contribution in [0.2, 0.25) is 0 Å². The van der Waals surface area contributed by atoms with Crippen LogP contribution in [0.5, 0.6) is 0 Å². The number of fused-ring (bicyclic) bond motifs is 1. The summed E-state index contributed by atoms with van der Waals surface area (Å²) in [4.78, 5) is 48.4. The topological polar surface area (TPSA) is 130 Å². The Kier molecular flexibility index (Phi) is 8.66. The van der Waals surface area contributed by atoms with E-state index in [2.05, 4.69) is 21.2 Å². The molecule has 0 aliphatic carbocycles. The van der Waals surface area contributed by atoms with Gasteiger partial charge in [-0.2, -0.15) is 5.26 Å². The van der Waals surface area contributed by atoms with Gasteiger partial charge in [0.1, 0.15) is 22.5 Å². The number of hydrogen-bond acceptors (Lipinski definition) is 7. The average Bonchev–Trinajstić information content (AvgIpc) is 3.54. The molecular weight excluding hydrogens is 578 g/mol. The highest BCUT2D eigenvalue weighted by molar-refractivity contribution is 6.06. The van der Waals surface area contributed by atoms with E-state index in [9.17, 15) is 19.8 Å². The molecule has 3 heterocycles. The molecule has 0 saturated carbocycles. The number of aromatic nitrogens is 2. The number of furan rings is 1. The Morgan fingerprint density at radius 1 is 0.935 bits per heavy atom. The average molecular weight is 614 g/mol. The largest absolute Gasteiger partial charge is 0.463 e. The van der Waals surface area contributed by atoms with Gasteiger partial charge >= 0.3 is 0 Å². The Bertz CT molecular complexity index is 2000. The Hall–Kier alpha value is -5.49. The highest BCUT2D eigenvalue weighted by atomic mass is 16.3. The van der Waals surface area contributed by atoms with Gasteiger partial charge in [-0.15, -0.1) is 4.91 Å². The molecule has 5 rings (SSSR count). The lowest BCUT2D eigenvalue weighted by molar-refractivity contribution is -0.122. The van der Waals surface area contributed by atoms with Crippen molar-refractivity contribution in [3.63, 3.8) is 0 Å². The fourth-order valence-corrected chi connectivity index (χ4v) is 5.31. The number of hydrogen-bond donors (Lipinski definition) is 0. The van der Waals surface area contributed by atoms with Crippen LogP contribution in [0.15, 0.2) is 88.6 Å². The summed E-state index contributed by atoms with van der Waals surface area (Å²) >= 11 is 0. The number of aryl methyl sites for hydroxylation is 1. The number of nitrogens with zero attached hydrogens (tertiary/aromatic N) is 5. The minimum atomic E-state index is -1.05. The molecule has 46 heavy (non-hydrogen) atoms. The highest BCUT2D eigenvalue weighted by Crippen LogP contribution is 2.31. The summed E-state index contributed by atoms with van der Waals surface area (Å²) in [5.74, 6) is 0.146. The van der Waals surface area contributed by atoms with Gasteiger partial charge in [0.15, 0.2) is 0 Å². The molecule has 9 nitrogen and oxygen atoms in total.